The normalized spacial score (nSPS) is 18.8. The van der Waals surface area contributed by atoms with E-state index in [4.69, 9.17) is 9.47 Å². The largest absolute Gasteiger partial charge is 0.497 e. The van der Waals surface area contributed by atoms with Gasteiger partial charge < -0.3 is 14.4 Å². The highest BCUT2D eigenvalue weighted by Crippen LogP contribution is 2.26. The Balaban J connectivity index is 1.97. The molecule has 0 aromatic heterocycles. The molecule has 1 fully saturated rings. The molecule has 1 unspecified atom stereocenters. The second-order valence-electron chi connectivity index (χ2n) is 4.38. The third-order valence-electron chi connectivity index (χ3n) is 3.25. The first kappa shape index (κ1) is 12.7. The van der Waals surface area contributed by atoms with Crippen LogP contribution in [0.1, 0.15) is 13.3 Å². The van der Waals surface area contributed by atoms with Crippen LogP contribution in [0.25, 0.3) is 0 Å². The van der Waals surface area contributed by atoms with Gasteiger partial charge in [-0.15, -0.1) is 0 Å². The number of esters is 1. The number of carbonyl (C=O) groups is 1. The van der Waals surface area contributed by atoms with Crippen molar-refractivity contribution in [2.75, 3.05) is 31.7 Å². The lowest BCUT2D eigenvalue weighted by Gasteiger charge is -2.18. The molecule has 0 aliphatic carbocycles. The quantitative estimate of drug-likeness (QED) is 0.766. The van der Waals surface area contributed by atoms with Crippen LogP contribution >= 0.6 is 0 Å². The van der Waals surface area contributed by atoms with Gasteiger partial charge in [0, 0.05) is 18.8 Å². The number of methoxy groups -OCH3 is 1. The molecule has 4 heteroatoms. The van der Waals surface area contributed by atoms with Gasteiger partial charge >= 0.3 is 5.97 Å². The Kier molecular flexibility index (Phi) is 4.07. The maximum absolute atomic E-state index is 11.7. The van der Waals surface area contributed by atoms with Gasteiger partial charge in [0.05, 0.1) is 19.6 Å². The van der Waals surface area contributed by atoms with Gasteiger partial charge in [-0.05, 0) is 37.6 Å². The number of benzene rings is 1. The van der Waals surface area contributed by atoms with E-state index in [-0.39, 0.29) is 11.9 Å². The summed E-state index contributed by atoms with van der Waals surface area (Å²) in [4.78, 5) is 13.9. The zero-order chi connectivity index (χ0) is 13.0. The minimum Gasteiger partial charge on any atom is -0.497 e. The zero-order valence-corrected chi connectivity index (χ0v) is 10.9. The highest BCUT2D eigenvalue weighted by atomic mass is 16.5. The van der Waals surface area contributed by atoms with E-state index < -0.39 is 0 Å². The number of ether oxygens (including phenoxy) is 2. The summed E-state index contributed by atoms with van der Waals surface area (Å²) in [5, 5.41) is 0. The van der Waals surface area contributed by atoms with Crippen LogP contribution < -0.4 is 9.64 Å². The molecular formula is C14H19NO3. The van der Waals surface area contributed by atoms with Crippen LogP contribution in [0.4, 0.5) is 5.69 Å². The van der Waals surface area contributed by atoms with E-state index in [1.807, 2.05) is 31.2 Å². The fourth-order valence-corrected chi connectivity index (χ4v) is 2.24. The van der Waals surface area contributed by atoms with Crippen molar-refractivity contribution in [1.82, 2.24) is 0 Å². The van der Waals surface area contributed by atoms with Crippen LogP contribution in [0.5, 0.6) is 5.75 Å². The molecular weight excluding hydrogens is 230 g/mol. The Bertz CT molecular complexity index is 402. The second kappa shape index (κ2) is 5.76. The number of hydrogen-bond donors (Lipinski definition) is 0. The smallest absolute Gasteiger partial charge is 0.310 e. The van der Waals surface area contributed by atoms with E-state index in [0.717, 1.165) is 30.9 Å². The molecule has 0 amide bonds. The van der Waals surface area contributed by atoms with Gasteiger partial charge in [-0.3, -0.25) is 4.79 Å². The summed E-state index contributed by atoms with van der Waals surface area (Å²) < 4.78 is 10.2. The molecule has 0 N–H and O–H groups in total. The predicted molar refractivity (Wildman–Crippen MR) is 69.9 cm³/mol. The highest BCUT2D eigenvalue weighted by molar-refractivity contribution is 5.74. The summed E-state index contributed by atoms with van der Waals surface area (Å²) in [5.74, 6) is 0.778. The Morgan fingerprint density at radius 1 is 1.39 bits per heavy atom. The maximum atomic E-state index is 11.7. The van der Waals surface area contributed by atoms with Crippen molar-refractivity contribution >= 4 is 11.7 Å². The van der Waals surface area contributed by atoms with Crippen molar-refractivity contribution in [3.63, 3.8) is 0 Å². The summed E-state index contributed by atoms with van der Waals surface area (Å²) in [6.45, 7) is 3.94. The van der Waals surface area contributed by atoms with Gasteiger partial charge in [0.1, 0.15) is 5.75 Å². The van der Waals surface area contributed by atoms with E-state index >= 15 is 0 Å². The number of carbonyl (C=O) groups excluding carboxylic acids is 1. The van der Waals surface area contributed by atoms with Crippen molar-refractivity contribution in [2.24, 2.45) is 5.92 Å². The zero-order valence-electron chi connectivity index (χ0n) is 10.9. The van der Waals surface area contributed by atoms with Gasteiger partial charge in [0.25, 0.3) is 0 Å². The molecule has 1 aromatic carbocycles. The van der Waals surface area contributed by atoms with Crippen LogP contribution in [0.15, 0.2) is 24.3 Å². The molecule has 2 rings (SSSR count). The summed E-state index contributed by atoms with van der Waals surface area (Å²) >= 11 is 0. The van der Waals surface area contributed by atoms with E-state index in [1.54, 1.807) is 7.11 Å². The lowest BCUT2D eigenvalue weighted by atomic mass is 10.1. The summed E-state index contributed by atoms with van der Waals surface area (Å²) in [5.41, 5.74) is 1.13. The van der Waals surface area contributed by atoms with Gasteiger partial charge in [-0.1, -0.05) is 0 Å². The molecule has 1 atom stereocenters. The minimum absolute atomic E-state index is 0.00653. The molecule has 1 aliphatic rings. The highest BCUT2D eigenvalue weighted by Gasteiger charge is 2.29. The summed E-state index contributed by atoms with van der Waals surface area (Å²) in [6.07, 6.45) is 0.866. The van der Waals surface area contributed by atoms with E-state index in [2.05, 4.69) is 4.90 Å². The fourth-order valence-electron chi connectivity index (χ4n) is 2.24. The molecule has 98 valence electrons. The van der Waals surface area contributed by atoms with Crippen molar-refractivity contribution in [3.8, 4) is 5.75 Å². The third kappa shape index (κ3) is 2.75. The first-order chi connectivity index (χ1) is 8.74. The van der Waals surface area contributed by atoms with Crippen LogP contribution in [0.2, 0.25) is 0 Å². The molecule has 1 saturated heterocycles. The molecule has 0 spiro atoms. The van der Waals surface area contributed by atoms with Gasteiger partial charge in [-0.25, -0.2) is 0 Å². The first-order valence-electron chi connectivity index (χ1n) is 6.30. The average molecular weight is 249 g/mol. The fraction of sp³-hybridized carbons (Fsp3) is 0.500. The molecule has 0 radical (unpaired) electrons. The van der Waals surface area contributed by atoms with Gasteiger partial charge in [0.2, 0.25) is 0 Å². The van der Waals surface area contributed by atoms with Gasteiger partial charge in [-0.2, -0.15) is 0 Å². The number of hydrogen-bond acceptors (Lipinski definition) is 4. The van der Waals surface area contributed by atoms with E-state index in [0.29, 0.717) is 6.61 Å². The lowest BCUT2D eigenvalue weighted by Crippen LogP contribution is -2.24. The van der Waals surface area contributed by atoms with Crippen LogP contribution in [-0.2, 0) is 9.53 Å². The number of nitrogens with zero attached hydrogens (tertiary/aromatic N) is 1. The van der Waals surface area contributed by atoms with Gasteiger partial charge in [0.15, 0.2) is 0 Å². The Labute approximate surface area is 107 Å². The molecule has 18 heavy (non-hydrogen) atoms. The molecule has 1 aliphatic heterocycles. The van der Waals surface area contributed by atoms with Crippen LogP contribution in [-0.4, -0.2) is 32.8 Å². The second-order valence-corrected chi connectivity index (χ2v) is 4.38. The summed E-state index contributed by atoms with van der Waals surface area (Å²) in [7, 11) is 1.65. The van der Waals surface area contributed by atoms with E-state index in [1.165, 1.54) is 0 Å². The molecule has 1 heterocycles. The SMILES string of the molecule is CCOC(=O)C1CCN(c2ccc(OC)cc2)C1. The van der Waals surface area contributed by atoms with E-state index in [9.17, 15) is 4.79 Å². The monoisotopic (exact) mass is 249 g/mol. The Hall–Kier alpha value is -1.71. The van der Waals surface area contributed by atoms with Crippen molar-refractivity contribution < 1.29 is 14.3 Å². The lowest BCUT2D eigenvalue weighted by molar-refractivity contribution is -0.147. The first-order valence-corrected chi connectivity index (χ1v) is 6.30. The molecule has 1 aromatic rings. The van der Waals surface area contributed by atoms with Crippen LogP contribution in [0.3, 0.4) is 0 Å². The summed E-state index contributed by atoms with van der Waals surface area (Å²) in [6, 6.07) is 7.92. The number of rotatable bonds is 4. The van der Waals surface area contributed by atoms with Crippen molar-refractivity contribution in [2.45, 2.75) is 13.3 Å². The predicted octanol–water partition coefficient (Wildman–Crippen LogP) is 2.08. The average Bonchev–Trinajstić information content (AvgIpc) is 2.89. The number of anilines is 1. The Morgan fingerprint density at radius 2 is 2.11 bits per heavy atom. The van der Waals surface area contributed by atoms with Crippen LogP contribution in [0, 0.1) is 5.92 Å². The maximum Gasteiger partial charge on any atom is 0.310 e. The minimum atomic E-state index is -0.0755. The molecule has 4 nitrogen and oxygen atoms in total. The van der Waals surface area contributed by atoms with Crippen molar-refractivity contribution in [3.05, 3.63) is 24.3 Å². The molecule has 0 bridgehead atoms. The Morgan fingerprint density at radius 3 is 2.72 bits per heavy atom. The third-order valence-corrected chi connectivity index (χ3v) is 3.25. The topological polar surface area (TPSA) is 38.8 Å². The standard InChI is InChI=1S/C14H19NO3/c1-3-18-14(16)11-8-9-15(10-11)12-4-6-13(17-2)7-5-12/h4-7,11H,3,8-10H2,1-2H3. The molecule has 0 saturated carbocycles. The van der Waals surface area contributed by atoms with Crippen molar-refractivity contribution in [1.29, 1.82) is 0 Å².